The molecule has 1 fully saturated rings. The number of hydrogen-bond acceptors (Lipinski definition) is 4. The fourth-order valence-corrected chi connectivity index (χ4v) is 4.26. The van der Waals surface area contributed by atoms with Crippen LogP contribution in [0.15, 0.2) is 18.2 Å². The minimum Gasteiger partial charge on any atom is -0.491 e. The van der Waals surface area contributed by atoms with E-state index in [1.807, 2.05) is 25.1 Å². The summed E-state index contributed by atoms with van der Waals surface area (Å²) in [6, 6.07) is 6.37. The number of carbonyl (C=O) groups is 1. The van der Waals surface area contributed by atoms with Gasteiger partial charge in [0.15, 0.2) is 5.78 Å². The summed E-state index contributed by atoms with van der Waals surface area (Å²) in [6.07, 6.45) is 5.74. The zero-order valence-corrected chi connectivity index (χ0v) is 16.8. The number of rotatable bonds is 8. The largest absolute Gasteiger partial charge is 0.491 e. The van der Waals surface area contributed by atoms with Gasteiger partial charge in [-0.25, -0.2) is 0 Å². The summed E-state index contributed by atoms with van der Waals surface area (Å²) < 4.78 is 7.97. The van der Waals surface area contributed by atoms with Crippen molar-refractivity contribution < 1.29 is 14.6 Å². The van der Waals surface area contributed by atoms with Crippen LogP contribution >= 0.6 is 0 Å². The molecule has 2 N–H and O–H groups in total. The third-order valence-corrected chi connectivity index (χ3v) is 5.65. The van der Waals surface area contributed by atoms with Gasteiger partial charge in [-0.2, -0.15) is 0 Å². The minimum absolute atomic E-state index is 0.0681. The first-order valence-corrected chi connectivity index (χ1v) is 10.2. The van der Waals surface area contributed by atoms with E-state index < -0.39 is 6.10 Å². The smallest absolute Gasteiger partial charge is 0.162 e. The zero-order valence-electron chi connectivity index (χ0n) is 16.8. The number of ether oxygens (including phenoxy) is 1. The van der Waals surface area contributed by atoms with E-state index >= 15 is 0 Å². The Morgan fingerprint density at radius 1 is 1.33 bits per heavy atom. The maximum atomic E-state index is 12.1. The Bertz CT molecular complexity index is 790. The Morgan fingerprint density at radius 3 is 2.74 bits per heavy atom. The Kier molecular flexibility index (Phi) is 6.55. The quantitative estimate of drug-likeness (QED) is 0.691. The van der Waals surface area contributed by atoms with Crippen molar-refractivity contribution in [3.8, 4) is 5.75 Å². The highest BCUT2D eigenvalue weighted by Crippen LogP contribution is 2.30. The van der Waals surface area contributed by atoms with Crippen molar-refractivity contribution in [3.05, 3.63) is 29.5 Å². The SMILES string of the molecule is CCn1c(C)c(C(C)=O)c2cc(OC[C@@H](O)CNC3CCCCC3)ccc21. The van der Waals surface area contributed by atoms with Gasteiger partial charge in [0.2, 0.25) is 0 Å². The molecule has 1 saturated carbocycles. The summed E-state index contributed by atoms with van der Waals surface area (Å²) in [4.78, 5) is 12.1. The first kappa shape index (κ1) is 19.9. The monoisotopic (exact) mass is 372 g/mol. The van der Waals surface area contributed by atoms with E-state index in [1.165, 1.54) is 32.1 Å². The molecule has 0 saturated heterocycles. The van der Waals surface area contributed by atoms with Crippen molar-refractivity contribution in [3.63, 3.8) is 0 Å². The van der Waals surface area contributed by atoms with Gasteiger partial charge < -0.3 is 19.7 Å². The van der Waals surface area contributed by atoms with Crippen LogP contribution in [0.1, 0.15) is 62.0 Å². The highest BCUT2D eigenvalue weighted by molar-refractivity contribution is 6.08. The molecule has 2 aromatic rings. The predicted molar refractivity (Wildman–Crippen MR) is 109 cm³/mol. The second-order valence-corrected chi connectivity index (χ2v) is 7.65. The summed E-state index contributed by atoms with van der Waals surface area (Å²) in [7, 11) is 0. The maximum Gasteiger partial charge on any atom is 0.162 e. The normalized spacial score (nSPS) is 16.6. The number of aliphatic hydroxyl groups excluding tert-OH is 1. The van der Waals surface area contributed by atoms with Crippen LogP contribution in [-0.2, 0) is 6.54 Å². The Labute approximate surface area is 161 Å². The van der Waals surface area contributed by atoms with Gasteiger partial charge in [0.25, 0.3) is 0 Å². The lowest BCUT2D eigenvalue weighted by atomic mass is 9.95. The van der Waals surface area contributed by atoms with Gasteiger partial charge in [0, 0.05) is 41.3 Å². The molecular formula is C22H32N2O3. The number of aliphatic hydroxyl groups is 1. The van der Waals surface area contributed by atoms with Gasteiger partial charge in [-0.1, -0.05) is 19.3 Å². The number of aromatic nitrogens is 1. The van der Waals surface area contributed by atoms with Crippen molar-refractivity contribution in [1.29, 1.82) is 0 Å². The first-order valence-electron chi connectivity index (χ1n) is 10.2. The van der Waals surface area contributed by atoms with Gasteiger partial charge >= 0.3 is 0 Å². The van der Waals surface area contributed by atoms with Crippen LogP contribution in [0.2, 0.25) is 0 Å². The number of nitrogens with one attached hydrogen (secondary N) is 1. The summed E-state index contributed by atoms with van der Waals surface area (Å²) in [5, 5.41) is 14.6. The van der Waals surface area contributed by atoms with Gasteiger partial charge in [-0.3, -0.25) is 4.79 Å². The van der Waals surface area contributed by atoms with E-state index in [1.54, 1.807) is 6.92 Å². The number of benzene rings is 1. The van der Waals surface area contributed by atoms with E-state index in [0.717, 1.165) is 28.7 Å². The van der Waals surface area contributed by atoms with Gasteiger partial charge in [-0.05, 0) is 51.8 Å². The van der Waals surface area contributed by atoms with Crippen molar-refractivity contribution in [2.45, 2.75) is 71.6 Å². The lowest BCUT2D eigenvalue weighted by Crippen LogP contribution is -2.38. The molecule has 1 heterocycles. The van der Waals surface area contributed by atoms with Crippen molar-refractivity contribution in [1.82, 2.24) is 9.88 Å². The summed E-state index contributed by atoms with van der Waals surface area (Å²) in [6.45, 7) is 7.29. The van der Waals surface area contributed by atoms with Crippen molar-refractivity contribution in [2.75, 3.05) is 13.2 Å². The zero-order chi connectivity index (χ0) is 19.4. The highest BCUT2D eigenvalue weighted by atomic mass is 16.5. The lowest BCUT2D eigenvalue weighted by Gasteiger charge is -2.24. The molecule has 0 unspecified atom stereocenters. The molecule has 0 aliphatic heterocycles. The minimum atomic E-state index is -0.545. The van der Waals surface area contributed by atoms with Gasteiger partial charge in [-0.15, -0.1) is 0 Å². The molecule has 1 aromatic heterocycles. The fraction of sp³-hybridized carbons (Fsp3) is 0.591. The molecule has 148 valence electrons. The van der Waals surface area contributed by atoms with E-state index in [9.17, 15) is 9.90 Å². The summed E-state index contributed by atoms with van der Waals surface area (Å²) >= 11 is 0. The molecule has 1 aromatic carbocycles. The molecule has 0 radical (unpaired) electrons. The molecule has 5 nitrogen and oxygen atoms in total. The van der Waals surface area contributed by atoms with Gasteiger partial charge in [0.1, 0.15) is 18.5 Å². The molecule has 3 rings (SSSR count). The van der Waals surface area contributed by atoms with Crippen LogP contribution in [0, 0.1) is 6.92 Å². The molecule has 0 spiro atoms. The second kappa shape index (κ2) is 8.89. The standard InChI is InChI=1S/C22H32N2O3/c1-4-24-15(2)22(16(3)25)20-12-19(10-11-21(20)24)27-14-18(26)13-23-17-8-6-5-7-9-17/h10-12,17-18,23,26H,4-9,13-14H2,1-3H3/t18-/m0/s1. The average molecular weight is 373 g/mol. The highest BCUT2D eigenvalue weighted by Gasteiger charge is 2.18. The van der Waals surface area contributed by atoms with Crippen LogP contribution < -0.4 is 10.1 Å². The number of nitrogens with zero attached hydrogens (tertiary/aromatic N) is 1. The van der Waals surface area contributed by atoms with Crippen LogP contribution in [0.25, 0.3) is 10.9 Å². The van der Waals surface area contributed by atoms with Crippen molar-refractivity contribution in [2.24, 2.45) is 0 Å². The molecule has 0 amide bonds. The van der Waals surface area contributed by atoms with Crippen molar-refractivity contribution >= 4 is 16.7 Å². The third kappa shape index (κ3) is 4.53. The Balaban J connectivity index is 1.64. The average Bonchev–Trinajstić information content (AvgIpc) is 2.96. The number of carbonyl (C=O) groups excluding carboxylic acids is 1. The molecule has 1 aliphatic rings. The number of ketones is 1. The van der Waals surface area contributed by atoms with Crippen LogP contribution in [0.5, 0.6) is 5.75 Å². The Morgan fingerprint density at radius 2 is 2.07 bits per heavy atom. The van der Waals surface area contributed by atoms with E-state index in [-0.39, 0.29) is 12.4 Å². The maximum absolute atomic E-state index is 12.1. The van der Waals surface area contributed by atoms with E-state index in [2.05, 4.69) is 16.8 Å². The van der Waals surface area contributed by atoms with Crippen LogP contribution in [0.3, 0.4) is 0 Å². The molecule has 27 heavy (non-hydrogen) atoms. The first-order chi connectivity index (χ1) is 13.0. The number of Topliss-reactive ketones (excluding diaryl/α,β-unsaturated/α-hetero) is 1. The summed E-state index contributed by atoms with van der Waals surface area (Å²) in [5.74, 6) is 0.758. The Hall–Kier alpha value is -1.85. The van der Waals surface area contributed by atoms with E-state index in [4.69, 9.17) is 4.74 Å². The molecule has 1 aliphatic carbocycles. The van der Waals surface area contributed by atoms with Gasteiger partial charge in [0.05, 0.1) is 0 Å². The van der Waals surface area contributed by atoms with Crippen LogP contribution in [0.4, 0.5) is 0 Å². The molecule has 5 heteroatoms. The second-order valence-electron chi connectivity index (χ2n) is 7.65. The topological polar surface area (TPSA) is 63.5 Å². The third-order valence-electron chi connectivity index (χ3n) is 5.65. The molecule has 0 bridgehead atoms. The number of fused-ring (bicyclic) bond motifs is 1. The molecule has 1 atom stereocenters. The number of aryl methyl sites for hydroxylation is 1. The fourth-order valence-electron chi connectivity index (χ4n) is 4.26. The lowest BCUT2D eigenvalue weighted by molar-refractivity contribution is 0.101. The number of hydrogen-bond donors (Lipinski definition) is 2. The predicted octanol–water partition coefficient (Wildman–Crippen LogP) is 3.83. The van der Waals surface area contributed by atoms with Crippen LogP contribution in [-0.4, -0.2) is 40.8 Å². The molecular weight excluding hydrogens is 340 g/mol. The van der Waals surface area contributed by atoms with E-state index in [0.29, 0.717) is 18.3 Å². The summed E-state index contributed by atoms with van der Waals surface area (Å²) in [5.41, 5.74) is 2.80.